The first kappa shape index (κ1) is 19.0. The number of carbonyl (C=O) groups excluding carboxylic acids is 2. The Morgan fingerprint density at radius 1 is 0.966 bits per heavy atom. The number of hydrogen-bond acceptors (Lipinski definition) is 4. The highest BCUT2D eigenvalue weighted by Crippen LogP contribution is 2.19. The van der Waals surface area contributed by atoms with Crippen LogP contribution in [0.3, 0.4) is 0 Å². The molecule has 0 bridgehead atoms. The van der Waals surface area contributed by atoms with E-state index in [1.54, 1.807) is 10.6 Å². The van der Waals surface area contributed by atoms with Crippen molar-refractivity contribution in [2.45, 2.75) is 19.9 Å². The summed E-state index contributed by atoms with van der Waals surface area (Å²) >= 11 is 0. The van der Waals surface area contributed by atoms with E-state index in [0.717, 1.165) is 13.1 Å². The number of piperazine rings is 1. The number of imidazole rings is 1. The molecule has 3 heterocycles. The molecule has 0 saturated carbocycles. The lowest BCUT2D eigenvalue weighted by Crippen LogP contribution is -2.49. The second-order valence-electron chi connectivity index (χ2n) is 7.48. The lowest BCUT2D eigenvalue weighted by molar-refractivity contribution is 0.0743. The number of pyridine rings is 1. The van der Waals surface area contributed by atoms with Crippen LogP contribution in [0.5, 0.6) is 0 Å². The molecule has 1 fully saturated rings. The van der Waals surface area contributed by atoms with E-state index in [-0.39, 0.29) is 23.7 Å². The monoisotopic (exact) mass is 391 g/mol. The van der Waals surface area contributed by atoms with Crippen LogP contribution in [0.25, 0.3) is 5.52 Å². The zero-order chi connectivity index (χ0) is 20.4. The molecule has 1 saturated heterocycles. The quantitative estimate of drug-likeness (QED) is 0.742. The Kier molecular flexibility index (Phi) is 5.20. The van der Waals surface area contributed by atoms with Crippen molar-refractivity contribution in [3.8, 4) is 0 Å². The summed E-state index contributed by atoms with van der Waals surface area (Å²) in [5.74, 6) is -0.181. The minimum absolute atomic E-state index is 0.0104. The smallest absolute Gasteiger partial charge is 0.287 e. The van der Waals surface area contributed by atoms with Crippen LogP contribution < -0.4 is 10.2 Å². The summed E-state index contributed by atoms with van der Waals surface area (Å²) in [6, 6.07) is 15.7. The van der Waals surface area contributed by atoms with Crippen LogP contribution in [0.4, 0.5) is 5.69 Å². The van der Waals surface area contributed by atoms with Crippen molar-refractivity contribution in [3.63, 3.8) is 0 Å². The van der Waals surface area contributed by atoms with Crippen LogP contribution in [0.15, 0.2) is 54.7 Å². The first-order valence-corrected chi connectivity index (χ1v) is 9.92. The number of hydrogen-bond donors (Lipinski definition) is 1. The molecule has 7 heteroatoms. The van der Waals surface area contributed by atoms with Crippen LogP contribution in [-0.4, -0.2) is 58.3 Å². The summed E-state index contributed by atoms with van der Waals surface area (Å²) in [5, 5.41) is 2.85. The molecule has 7 nitrogen and oxygen atoms in total. The van der Waals surface area contributed by atoms with Crippen molar-refractivity contribution >= 4 is 23.0 Å². The van der Waals surface area contributed by atoms with Gasteiger partial charge in [-0.15, -0.1) is 0 Å². The second kappa shape index (κ2) is 7.95. The molecule has 4 rings (SSSR count). The lowest BCUT2D eigenvalue weighted by atomic mass is 10.2. The zero-order valence-electron chi connectivity index (χ0n) is 16.7. The Morgan fingerprint density at radius 2 is 1.66 bits per heavy atom. The van der Waals surface area contributed by atoms with E-state index in [1.807, 2.05) is 55.1 Å². The van der Waals surface area contributed by atoms with Crippen molar-refractivity contribution in [1.82, 2.24) is 19.6 Å². The van der Waals surface area contributed by atoms with E-state index in [1.165, 1.54) is 5.69 Å². The van der Waals surface area contributed by atoms with Gasteiger partial charge in [0, 0.05) is 44.1 Å². The first-order valence-electron chi connectivity index (χ1n) is 9.92. The normalized spacial score (nSPS) is 14.4. The fraction of sp³-hybridized carbons (Fsp3) is 0.318. The van der Waals surface area contributed by atoms with Crippen molar-refractivity contribution in [1.29, 1.82) is 0 Å². The number of carbonyl (C=O) groups is 2. The summed E-state index contributed by atoms with van der Waals surface area (Å²) in [7, 11) is 0. The average molecular weight is 391 g/mol. The van der Waals surface area contributed by atoms with E-state index in [0.29, 0.717) is 24.3 Å². The molecule has 29 heavy (non-hydrogen) atoms. The highest BCUT2D eigenvalue weighted by Gasteiger charge is 2.27. The third kappa shape index (κ3) is 3.81. The number of rotatable bonds is 4. The predicted molar refractivity (Wildman–Crippen MR) is 112 cm³/mol. The number of anilines is 1. The van der Waals surface area contributed by atoms with Gasteiger partial charge < -0.3 is 15.1 Å². The van der Waals surface area contributed by atoms with Gasteiger partial charge in [0.1, 0.15) is 0 Å². The number of benzene rings is 1. The van der Waals surface area contributed by atoms with Crippen molar-refractivity contribution in [3.05, 3.63) is 66.2 Å². The molecular weight excluding hydrogens is 366 g/mol. The average Bonchev–Trinajstić information content (AvgIpc) is 3.13. The van der Waals surface area contributed by atoms with Gasteiger partial charge in [0.25, 0.3) is 11.8 Å². The van der Waals surface area contributed by atoms with E-state index >= 15 is 0 Å². The highest BCUT2D eigenvalue weighted by atomic mass is 16.2. The Morgan fingerprint density at radius 3 is 2.34 bits per heavy atom. The number of aromatic nitrogens is 2. The number of nitrogens with zero attached hydrogens (tertiary/aromatic N) is 4. The SMILES string of the molecule is CC(C)NC(=O)c1nc(C(=O)N2CCN(c3ccccc3)CC2)c2ccccn12. The fourth-order valence-electron chi connectivity index (χ4n) is 3.64. The lowest BCUT2D eigenvalue weighted by Gasteiger charge is -2.35. The maximum absolute atomic E-state index is 13.2. The van der Waals surface area contributed by atoms with Gasteiger partial charge in [-0.25, -0.2) is 4.98 Å². The molecule has 0 radical (unpaired) electrons. The van der Waals surface area contributed by atoms with Crippen LogP contribution in [0, 0.1) is 0 Å². The zero-order valence-corrected chi connectivity index (χ0v) is 16.7. The molecule has 0 aliphatic carbocycles. The van der Waals surface area contributed by atoms with Gasteiger partial charge in [-0.1, -0.05) is 24.3 Å². The largest absolute Gasteiger partial charge is 0.368 e. The van der Waals surface area contributed by atoms with Gasteiger partial charge in [0.15, 0.2) is 5.69 Å². The van der Waals surface area contributed by atoms with E-state index in [2.05, 4.69) is 27.3 Å². The van der Waals surface area contributed by atoms with Crippen LogP contribution in [-0.2, 0) is 0 Å². The molecule has 2 aromatic heterocycles. The standard InChI is InChI=1S/C22H25N5O2/c1-16(2)23-21(28)20-24-19(18-10-6-7-11-27(18)20)22(29)26-14-12-25(13-15-26)17-8-4-3-5-9-17/h3-11,16H,12-15H2,1-2H3,(H,23,28). The number of para-hydroxylation sites is 1. The maximum Gasteiger partial charge on any atom is 0.287 e. The molecule has 1 aromatic carbocycles. The number of fused-ring (bicyclic) bond motifs is 1. The Labute approximate surface area is 169 Å². The number of amides is 2. The molecule has 3 aromatic rings. The second-order valence-corrected chi connectivity index (χ2v) is 7.48. The summed E-state index contributed by atoms with van der Waals surface area (Å²) < 4.78 is 1.69. The summed E-state index contributed by atoms with van der Waals surface area (Å²) in [6.07, 6.45) is 1.77. The van der Waals surface area contributed by atoms with Crippen LogP contribution in [0.1, 0.15) is 35.0 Å². The van der Waals surface area contributed by atoms with Gasteiger partial charge in [0.2, 0.25) is 5.82 Å². The summed E-state index contributed by atoms with van der Waals surface area (Å²) in [5.41, 5.74) is 2.14. The Bertz CT molecular complexity index is 1020. The van der Waals surface area contributed by atoms with Crippen LogP contribution in [0.2, 0.25) is 0 Å². The molecule has 1 N–H and O–H groups in total. The molecule has 0 unspecified atom stereocenters. The first-order chi connectivity index (χ1) is 14.0. The van der Waals surface area contributed by atoms with Gasteiger partial charge in [-0.05, 0) is 38.1 Å². The molecule has 150 valence electrons. The van der Waals surface area contributed by atoms with E-state index in [4.69, 9.17) is 0 Å². The van der Waals surface area contributed by atoms with Crippen molar-refractivity contribution < 1.29 is 9.59 Å². The van der Waals surface area contributed by atoms with Gasteiger partial charge in [-0.2, -0.15) is 0 Å². The van der Waals surface area contributed by atoms with E-state index in [9.17, 15) is 9.59 Å². The Hall–Kier alpha value is -3.35. The summed E-state index contributed by atoms with van der Waals surface area (Å²) in [6.45, 7) is 6.56. The molecule has 0 atom stereocenters. The third-order valence-corrected chi connectivity index (χ3v) is 5.06. The van der Waals surface area contributed by atoms with Gasteiger partial charge in [0.05, 0.1) is 5.52 Å². The maximum atomic E-state index is 13.2. The van der Waals surface area contributed by atoms with E-state index < -0.39 is 0 Å². The molecular formula is C22H25N5O2. The van der Waals surface area contributed by atoms with Gasteiger partial charge in [-0.3, -0.25) is 14.0 Å². The summed E-state index contributed by atoms with van der Waals surface area (Å²) in [4.78, 5) is 34.3. The minimum Gasteiger partial charge on any atom is -0.368 e. The van der Waals surface area contributed by atoms with Crippen molar-refractivity contribution in [2.24, 2.45) is 0 Å². The number of nitrogens with one attached hydrogen (secondary N) is 1. The predicted octanol–water partition coefficient (Wildman–Crippen LogP) is 2.43. The topological polar surface area (TPSA) is 70.0 Å². The van der Waals surface area contributed by atoms with Crippen molar-refractivity contribution in [2.75, 3.05) is 31.1 Å². The molecule has 2 amide bonds. The molecule has 0 spiro atoms. The molecule has 1 aliphatic heterocycles. The van der Waals surface area contributed by atoms with Gasteiger partial charge >= 0.3 is 0 Å². The fourth-order valence-corrected chi connectivity index (χ4v) is 3.64. The minimum atomic E-state index is -0.283. The Balaban J connectivity index is 1.56. The third-order valence-electron chi connectivity index (χ3n) is 5.06. The highest BCUT2D eigenvalue weighted by molar-refractivity contribution is 6.02. The molecule has 1 aliphatic rings. The van der Waals surface area contributed by atoms with Crippen LogP contribution >= 0.6 is 0 Å².